The molecule has 0 spiro atoms. The lowest BCUT2D eigenvalue weighted by molar-refractivity contribution is 0.0955. The Bertz CT molecular complexity index is 1190. The third-order valence-corrected chi connectivity index (χ3v) is 6.13. The molecule has 0 unspecified atom stereocenters. The summed E-state index contributed by atoms with van der Waals surface area (Å²) in [5.41, 5.74) is 4.20. The van der Waals surface area contributed by atoms with Crippen molar-refractivity contribution in [2.24, 2.45) is 5.10 Å². The zero-order chi connectivity index (χ0) is 23.3. The summed E-state index contributed by atoms with van der Waals surface area (Å²) < 4.78 is 12.2. The summed E-state index contributed by atoms with van der Waals surface area (Å²) in [6.45, 7) is 0.244. The second kappa shape index (κ2) is 11.4. The molecule has 0 bridgehead atoms. The van der Waals surface area contributed by atoms with Crippen LogP contribution in [-0.2, 0) is 6.61 Å². The SMILES string of the molecule is COc1cc(/C=N\NC(=O)c2ccc(Cl)cc2Cl)cc(I)c1OCc1ccc(Cl)cc1Cl. The molecule has 0 aromatic heterocycles. The number of hydrazone groups is 1. The molecule has 32 heavy (non-hydrogen) atoms. The number of rotatable bonds is 7. The first-order chi connectivity index (χ1) is 15.3. The molecule has 10 heteroatoms. The molecule has 3 aromatic carbocycles. The van der Waals surface area contributed by atoms with Crippen molar-refractivity contribution >= 4 is 81.1 Å². The smallest absolute Gasteiger partial charge is 0.272 e. The molecule has 3 rings (SSSR count). The van der Waals surface area contributed by atoms with Crippen molar-refractivity contribution in [2.45, 2.75) is 6.61 Å². The van der Waals surface area contributed by atoms with E-state index in [-0.39, 0.29) is 17.2 Å². The van der Waals surface area contributed by atoms with Crippen molar-refractivity contribution in [1.82, 2.24) is 5.43 Å². The minimum absolute atomic E-state index is 0.240. The summed E-state index contributed by atoms with van der Waals surface area (Å²) in [6.07, 6.45) is 1.49. The van der Waals surface area contributed by atoms with Crippen molar-refractivity contribution in [3.63, 3.8) is 0 Å². The van der Waals surface area contributed by atoms with Gasteiger partial charge in [-0.1, -0.05) is 52.5 Å². The number of hydrogen-bond donors (Lipinski definition) is 1. The van der Waals surface area contributed by atoms with Gasteiger partial charge in [0.1, 0.15) is 6.61 Å². The normalized spacial score (nSPS) is 10.9. The van der Waals surface area contributed by atoms with Gasteiger partial charge in [-0.25, -0.2) is 5.43 Å². The highest BCUT2D eigenvalue weighted by atomic mass is 127. The first-order valence-corrected chi connectivity index (χ1v) is 11.6. The van der Waals surface area contributed by atoms with Crippen LogP contribution in [0.5, 0.6) is 11.5 Å². The van der Waals surface area contributed by atoms with E-state index in [0.29, 0.717) is 32.1 Å². The number of amides is 1. The maximum Gasteiger partial charge on any atom is 0.272 e. The van der Waals surface area contributed by atoms with Gasteiger partial charge in [0.05, 0.1) is 27.5 Å². The molecule has 0 saturated carbocycles. The molecule has 1 N–H and O–H groups in total. The van der Waals surface area contributed by atoms with E-state index in [1.165, 1.54) is 18.3 Å². The first-order valence-electron chi connectivity index (χ1n) is 9.01. The predicted molar refractivity (Wildman–Crippen MR) is 138 cm³/mol. The van der Waals surface area contributed by atoms with Crippen LogP contribution >= 0.6 is 69.0 Å². The number of methoxy groups -OCH3 is 1. The quantitative estimate of drug-likeness (QED) is 0.171. The number of benzene rings is 3. The lowest BCUT2D eigenvalue weighted by atomic mass is 10.2. The first kappa shape index (κ1) is 24.9. The molecule has 0 aliphatic heterocycles. The van der Waals surface area contributed by atoms with Gasteiger partial charge in [-0.2, -0.15) is 5.10 Å². The zero-order valence-corrected chi connectivity index (χ0v) is 21.6. The second-order valence-corrected chi connectivity index (χ2v) is 9.23. The fourth-order valence-corrected chi connectivity index (χ4v) is 4.38. The van der Waals surface area contributed by atoms with E-state index in [9.17, 15) is 4.79 Å². The molecular formula is C22H15Cl4IN2O3. The van der Waals surface area contributed by atoms with Gasteiger partial charge in [-0.3, -0.25) is 4.79 Å². The molecule has 0 aliphatic carbocycles. The Morgan fingerprint density at radius 2 is 1.72 bits per heavy atom. The van der Waals surface area contributed by atoms with Crippen LogP contribution in [-0.4, -0.2) is 19.2 Å². The summed E-state index contributed by atoms with van der Waals surface area (Å²) in [7, 11) is 1.54. The van der Waals surface area contributed by atoms with Gasteiger partial charge >= 0.3 is 0 Å². The van der Waals surface area contributed by atoms with Gasteiger partial charge in [-0.15, -0.1) is 0 Å². The van der Waals surface area contributed by atoms with Crippen LogP contribution in [0.1, 0.15) is 21.5 Å². The van der Waals surface area contributed by atoms with Crippen LogP contribution in [0.4, 0.5) is 0 Å². The molecule has 0 fully saturated rings. The molecule has 0 aliphatic rings. The number of hydrogen-bond acceptors (Lipinski definition) is 4. The summed E-state index contributed by atoms with van der Waals surface area (Å²) >= 11 is 26.2. The lowest BCUT2D eigenvalue weighted by Gasteiger charge is -2.14. The Hall–Kier alpha value is -1.71. The molecule has 0 saturated heterocycles. The highest BCUT2D eigenvalue weighted by Gasteiger charge is 2.13. The fourth-order valence-electron chi connectivity index (χ4n) is 2.64. The van der Waals surface area contributed by atoms with Crippen LogP contribution in [0.25, 0.3) is 0 Å². The molecule has 3 aromatic rings. The lowest BCUT2D eigenvalue weighted by Crippen LogP contribution is -2.18. The molecule has 0 atom stereocenters. The highest BCUT2D eigenvalue weighted by molar-refractivity contribution is 14.1. The third-order valence-electron chi connectivity index (χ3n) is 4.19. The van der Waals surface area contributed by atoms with Gasteiger partial charge in [0.15, 0.2) is 11.5 Å². The van der Waals surface area contributed by atoms with Gasteiger partial charge in [0.2, 0.25) is 0 Å². The van der Waals surface area contributed by atoms with Crippen molar-refractivity contribution in [3.8, 4) is 11.5 Å². The Labute approximate surface area is 218 Å². The number of nitrogens with zero attached hydrogens (tertiary/aromatic N) is 1. The number of carbonyl (C=O) groups excluding carboxylic acids is 1. The number of carbonyl (C=O) groups is 1. The topological polar surface area (TPSA) is 59.9 Å². The van der Waals surface area contributed by atoms with E-state index in [4.69, 9.17) is 55.9 Å². The van der Waals surface area contributed by atoms with Crippen molar-refractivity contribution in [3.05, 3.63) is 88.9 Å². The number of nitrogens with one attached hydrogen (secondary N) is 1. The van der Waals surface area contributed by atoms with Gasteiger partial charge in [-0.05, 0) is 70.6 Å². The van der Waals surface area contributed by atoms with Crippen LogP contribution in [0, 0.1) is 3.57 Å². The Kier molecular flexibility index (Phi) is 8.90. The minimum Gasteiger partial charge on any atom is -0.493 e. The third kappa shape index (κ3) is 6.42. The standard InChI is InChI=1S/C22H15Cl4IN2O3/c1-31-20-7-12(10-28-29-22(30)16-5-4-15(24)9-18(16)26)6-19(27)21(20)32-11-13-2-3-14(23)8-17(13)25/h2-10H,11H2,1H3,(H,29,30)/b28-10-. The number of ether oxygens (including phenoxy) is 2. The van der Waals surface area contributed by atoms with Crippen molar-refractivity contribution in [1.29, 1.82) is 0 Å². The fraction of sp³-hybridized carbons (Fsp3) is 0.0909. The summed E-state index contributed by atoms with van der Waals surface area (Å²) in [4.78, 5) is 12.3. The van der Waals surface area contributed by atoms with Crippen LogP contribution in [0.2, 0.25) is 20.1 Å². The van der Waals surface area contributed by atoms with E-state index >= 15 is 0 Å². The zero-order valence-electron chi connectivity index (χ0n) is 16.5. The van der Waals surface area contributed by atoms with Crippen LogP contribution in [0.3, 0.4) is 0 Å². The average Bonchev–Trinajstić information content (AvgIpc) is 2.73. The van der Waals surface area contributed by atoms with Crippen molar-refractivity contribution < 1.29 is 14.3 Å². The summed E-state index contributed by atoms with van der Waals surface area (Å²) in [5, 5.41) is 5.75. The molecule has 5 nitrogen and oxygen atoms in total. The Morgan fingerprint density at radius 3 is 2.38 bits per heavy atom. The average molecular weight is 624 g/mol. The van der Waals surface area contributed by atoms with Crippen molar-refractivity contribution in [2.75, 3.05) is 7.11 Å². The number of halogens is 5. The van der Waals surface area contributed by atoms with E-state index < -0.39 is 5.91 Å². The molecule has 0 radical (unpaired) electrons. The monoisotopic (exact) mass is 622 g/mol. The summed E-state index contributed by atoms with van der Waals surface area (Å²) in [5.74, 6) is 0.619. The minimum atomic E-state index is -0.454. The molecule has 0 heterocycles. The Balaban J connectivity index is 1.71. The van der Waals surface area contributed by atoms with Gasteiger partial charge in [0, 0.05) is 20.6 Å². The maximum absolute atomic E-state index is 12.3. The molecular weight excluding hydrogens is 609 g/mol. The van der Waals surface area contributed by atoms with E-state index in [0.717, 1.165) is 9.13 Å². The van der Waals surface area contributed by atoms with Gasteiger partial charge < -0.3 is 9.47 Å². The molecule has 166 valence electrons. The maximum atomic E-state index is 12.3. The second-order valence-electron chi connectivity index (χ2n) is 6.38. The predicted octanol–water partition coefficient (Wildman–Crippen LogP) is 7.26. The van der Waals surface area contributed by atoms with E-state index in [2.05, 4.69) is 33.1 Å². The highest BCUT2D eigenvalue weighted by Crippen LogP contribution is 2.35. The summed E-state index contributed by atoms with van der Waals surface area (Å²) in [6, 6.07) is 13.4. The molecule has 1 amide bonds. The van der Waals surface area contributed by atoms with Crippen LogP contribution < -0.4 is 14.9 Å². The van der Waals surface area contributed by atoms with E-state index in [1.807, 2.05) is 6.07 Å². The van der Waals surface area contributed by atoms with E-state index in [1.54, 1.807) is 37.4 Å². The Morgan fingerprint density at radius 1 is 1.03 bits per heavy atom. The van der Waals surface area contributed by atoms with Crippen LogP contribution in [0.15, 0.2) is 53.6 Å². The largest absolute Gasteiger partial charge is 0.493 e. The van der Waals surface area contributed by atoms with Gasteiger partial charge in [0.25, 0.3) is 5.91 Å².